The molecule has 3 nitrogen and oxygen atoms in total. The standard InChI is InChI=1S/C11H19BrN2O/c1-5-11(15,8(3)4)10-9(12)7-13-14(10)6-2/h7-8,15H,5-6H2,1-4H3. The third-order valence-corrected chi connectivity index (χ3v) is 3.58. The Hall–Kier alpha value is -0.350. The second-order valence-electron chi connectivity index (χ2n) is 4.09. The summed E-state index contributed by atoms with van der Waals surface area (Å²) < 4.78 is 2.75. The van der Waals surface area contributed by atoms with Gasteiger partial charge in [0.15, 0.2) is 0 Å². The third kappa shape index (κ3) is 2.11. The average molecular weight is 275 g/mol. The van der Waals surface area contributed by atoms with Gasteiger partial charge in [-0.25, -0.2) is 0 Å². The molecule has 0 saturated heterocycles. The topological polar surface area (TPSA) is 38.0 Å². The first-order valence-electron chi connectivity index (χ1n) is 5.41. The minimum atomic E-state index is -0.800. The van der Waals surface area contributed by atoms with Gasteiger partial charge >= 0.3 is 0 Å². The molecule has 1 N–H and O–H groups in total. The van der Waals surface area contributed by atoms with Crippen LogP contribution in [0.5, 0.6) is 0 Å². The molecule has 0 radical (unpaired) electrons. The Balaban J connectivity index is 3.28. The first-order chi connectivity index (χ1) is 6.97. The van der Waals surface area contributed by atoms with Crippen LogP contribution < -0.4 is 0 Å². The van der Waals surface area contributed by atoms with Gasteiger partial charge in [-0.2, -0.15) is 5.10 Å². The molecule has 0 aliphatic heterocycles. The van der Waals surface area contributed by atoms with E-state index in [-0.39, 0.29) is 5.92 Å². The van der Waals surface area contributed by atoms with Gasteiger partial charge in [0, 0.05) is 6.54 Å². The molecule has 1 aromatic rings. The SMILES string of the molecule is CCn1ncc(Br)c1C(O)(CC)C(C)C. The van der Waals surface area contributed by atoms with Crippen LogP contribution in [0.15, 0.2) is 10.7 Å². The lowest BCUT2D eigenvalue weighted by atomic mass is 9.84. The molecule has 0 amide bonds. The molecule has 1 rings (SSSR count). The minimum absolute atomic E-state index is 0.167. The molecule has 0 bridgehead atoms. The number of aliphatic hydroxyl groups is 1. The summed E-state index contributed by atoms with van der Waals surface area (Å²) in [5.41, 5.74) is 0.0909. The van der Waals surface area contributed by atoms with Crippen molar-refractivity contribution < 1.29 is 5.11 Å². The van der Waals surface area contributed by atoms with Crippen LogP contribution in [0.25, 0.3) is 0 Å². The number of aromatic nitrogens is 2. The van der Waals surface area contributed by atoms with Crippen LogP contribution in [0.3, 0.4) is 0 Å². The van der Waals surface area contributed by atoms with Crippen molar-refractivity contribution in [3.8, 4) is 0 Å². The van der Waals surface area contributed by atoms with Gasteiger partial charge in [0.25, 0.3) is 0 Å². The number of halogens is 1. The van der Waals surface area contributed by atoms with E-state index in [0.29, 0.717) is 6.42 Å². The van der Waals surface area contributed by atoms with Crippen LogP contribution in [0.1, 0.15) is 39.8 Å². The van der Waals surface area contributed by atoms with Crippen molar-refractivity contribution in [2.75, 3.05) is 0 Å². The number of rotatable bonds is 4. The maximum Gasteiger partial charge on any atom is 0.109 e. The Kier molecular flexibility index (Phi) is 3.95. The zero-order valence-corrected chi connectivity index (χ0v) is 11.4. The van der Waals surface area contributed by atoms with E-state index in [9.17, 15) is 5.11 Å². The molecule has 0 aromatic carbocycles. The van der Waals surface area contributed by atoms with Crippen LogP contribution in [-0.2, 0) is 12.1 Å². The molecular formula is C11H19BrN2O. The van der Waals surface area contributed by atoms with E-state index in [0.717, 1.165) is 16.7 Å². The molecule has 0 fully saturated rings. The van der Waals surface area contributed by atoms with Gasteiger partial charge in [-0.1, -0.05) is 20.8 Å². The second-order valence-corrected chi connectivity index (χ2v) is 4.94. The van der Waals surface area contributed by atoms with E-state index in [4.69, 9.17) is 0 Å². The molecule has 1 aromatic heterocycles. The van der Waals surface area contributed by atoms with E-state index in [2.05, 4.69) is 21.0 Å². The number of hydrogen-bond donors (Lipinski definition) is 1. The Bertz CT molecular complexity index is 335. The fourth-order valence-corrected chi connectivity index (χ4v) is 2.52. The Labute approximate surface area is 99.6 Å². The highest BCUT2D eigenvalue weighted by Gasteiger charge is 2.36. The highest BCUT2D eigenvalue weighted by molar-refractivity contribution is 9.10. The van der Waals surface area contributed by atoms with E-state index in [1.165, 1.54) is 0 Å². The Morgan fingerprint density at radius 1 is 1.53 bits per heavy atom. The summed E-state index contributed by atoms with van der Waals surface area (Å²) in [5.74, 6) is 0.167. The van der Waals surface area contributed by atoms with Crippen molar-refractivity contribution >= 4 is 15.9 Å². The quantitative estimate of drug-likeness (QED) is 0.917. The van der Waals surface area contributed by atoms with E-state index >= 15 is 0 Å². The van der Waals surface area contributed by atoms with Crippen LogP contribution in [-0.4, -0.2) is 14.9 Å². The van der Waals surface area contributed by atoms with Crippen LogP contribution >= 0.6 is 15.9 Å². The van der Waals surface area contributed by atoms with Crippen molar-refractivity contribution in [2.45, 2.75) is 46.3 Å². The maximum absolute atomic E-state index is 10.7. The van der Waals surface area contributed by atoms with Gasteiger partial charge in [0.05, 0.1) is 16.4 Å². The largest absolute Gasteiger partial charge is 0.383 e. The van der Waals surface area contributed by atoms with Crippen molar-refractivity contribution in [1.29, 1.82) is 0 Å². The van der Waals surface area contributed by atoms with Gasteiger partial charge in [0.2, 0.25) is 0 Å². The minimum Gasteiger partial charge on any atom is -0.383 e. The lowest BCUT2D eigenvalue weighted by Gasteiger charge is -2.32. The fraction of sp³-hybridized carbons (Fsp3) is 0.727. The van der Waals surface area contributed by atoms with Gasteiger partial charge in [-0.05, 0) is 35.2 Å². The van der Waals surface area contributed by atoms with Crippen LogP contribution in [0.4, 0.5) is 0 Å². The molecule has 1 heterocycles. The molecule has 1 unspecified atom stereocenters. The molecule has 1 atom stereocenters. The van der Waals surface area contributed by atoms with Gasteiger partial charge in [-0.15, -0.1) is 0 Å². The summed E-state index contributed by atoms with van der Waals surface area (Å²) >= 11 is 3.46. The monoisotopic (exact) mass is 274 g/mol. The molecular weight excluding hydrogens is 256 g/mol. The van der Waals surface area contributed by atoms with Gasteiger partial charge in [-0.3, -0.25) is 4.68 Å². The Morgan fingerprint density at radius 2 is 2.13 bits per heavy atom. The molecule has 0 aliphatic carbocycles. The van der Waals surface area contributed by atoms with Gasteiger partial charge < -0.3 is 5.11 Å². The first kappa shape index (κ1) is 12.7. The van der Waals surface area contributed by atoms with E-state index in [1.54, 1.807) is 6.20 Å². The summed E-state index contributed by atoms with van der Waals surface area (Å²) in [7, 11) is 0. The molecule has 86 valence electrons. The maximum atomic E-state index is 10.7. The van der Waals surface area contributed by atoms with Crippen molar-refractivity contribution in [2.24, 2.45) is 5.92 Å². The van der Waals surface area contributed by atoms with Crippen LogP contribution in [0.2, 0.25) is 0 Å². The third-order valence-electron chi connectivity index (χ3n) is 3.00. The molecule has 0 saturated carbocycles. The highest BCUT2D eigenvalue weighted by atomic mass is 79.9. The first-order valence-corrected chi connectivity index (χ1v) is 6.20. The Morgan fingerprint density at radius 3 is 2.53 bits per heavy atom. The van der Waals surface area contributed by atoms with Crippen molar-refractivity contribution in [1.82, 2.24) is 9.78 Å². The normalized spacial score (nSPS) is 15.7. The number of aryl methyl sites for hydroxylation is 1. The predicted molar refractivity (Wildman–Crippen MR) is 64.6 cm³/mol. The summed E-state index contributed by atoms with van der Waals surface area (Å²) in [5, 5.41) is 14.9. The number of nitrogens with zero attached hydrogens (tertiary/aromatic N) is 2. The van der Waals surface area contributed by atoms with E-state index in [1.807, 2.05) is 32.4 Å². The van der Waals surface area contributed by atoms with Crippen LogP contribution in [0, 0.1) is 5.92 Å². The fourth-order valence-electron chi connectivity index (χ4n) is 1.88. The molecule has 4 heteroatoms. The smallest absolute Gasteiger partial charge is 0.109 e. The lowest BCUT2D eigenvalue weighted by Crippen LogP contribution is -2.34. The second kappa shape index (κ2) is 4.66. The zero-order chi connectivity index (χ0) is 11.6. The van der Waals surface area contributed by atoms with Gasteiger partial charge in [0.1, 0.15) is 5.60 Å². The molecule has 0 aliphatic rings. The van der Waals surface area contributed by atoms with E-state index < -0.39 is 5.60 Å². The summed E-state index contributed by atoms with van der Waals surface area (Å²) in [6.45, 7) is 8.86. The average Bonchev–Trinajstić information content (AvgIpc) is 2.58. The summed E-state index contributed by atoms with van der Waals surface area (Å²) in [6.07, 6.45) is 2.44. The van der Waals surface area contributed by atoms with Crippen molar-refractivity contribution in [3.05, 3.63) is 16.4 Å². The lowest BCUT2D eigenvalue weighted by molar-refractivity contribution is -0.0226. The molecule has 0 spiro atoms. The zero-order valence-electron chi connectivity index (χ0n) is 9.79. The summed E-state index contributed by atoms with van der Waals surface area (Å²) in [4.78, 5) is 0. The molecule has 15 heavy (non-hydrogen) atoms. The predicted octanol–water partition coefficient (Wildman–Crippen LogP) is 2.92. The number of hydrogen-bond acceptors (Lipinski definition) is 2. The van der Waals surface area contributed by atoms with Crippen molar-refractivity contribution in [3.63, 3.8) is 0 Å². The summed E-state index contributed by atoms with van der Waals surface area (Å²) in [6, 6.07) is 0. The highest BCUT2D eigenvalue weighted by Crippen LogP contribution is 2.36.